The number of cyclic esters (lactones) is 1. The summed E-state index contributed by atoms with van der Waals surface area (Å²) in [5.41, 5.74) is 3.09. The van der Waals surface area contributed by atoms with Gasteiger partial charge in [-0.3, -0.25) is 4.79 Å². The first-order chi connectivity index (χ1) is 13.5. The topological polar surface area (TPSA) is 81.4 Å². The standard InChI is InChI=1S/C22H20N2O4/c1-3-12-6-5-7-13-8-14-10-24-17(19(14)23-18(12)13)9-16-15(20(24)25)11-28-21(26)22(16,27)4-2/h5-9,27H,3-4,10-11H2,1-2H3. The lowest BCUT2D eigenvalue weighted by Gasteiger charge is -2.31. The highest BCUT2D eigenvalue weighted by Crippen LogP contribution is 2.38. The molecule has 0 bridgehead atoms. The lowest BCUT2D eigenvalue weighted by molar-refractivity contribution is -0.172. The molecule has 142 valence electrons. The number of rotatable bonds is 2. The summed E-state index contributed by atoms with van der Waals surface area (Å²) in [4.78, 5) is 30.3. The molecule has 1 atom stereocenters. The second kappa shape index (κ2) is 5.75. The van der Waals surface area contributed by atoms with Crippen molar-refractivity contribution in [2.45, 2.75) is 45.4 Å². The molecule has 0 amide bonds. The van der Waals surface area contributed by atoms with E-state index in [2.05, 4.69) is 19.1 Å². The minimum Gasteiger partial charge on any atom is -0.458 e. The third-order valence-electron chi connectivity index (χ3n) is 6.00. The van der Waals surface area contributed by atoms with Crippen LogP contribution in [0.15, 0.2) is 35.1 Å². The van der Waals surface area contributed by atoms with Crippen LogP contribution in [0.1, 0.15) is 42.5 Å². The number of carbonyl (C=O) groups excluding carboxylic acids is 1. The molecule has 4 heterocycles. The number of aryl methyl sites for hydroxylation is 1. The van der Waals surface area contributed by atoms with E-state index in [4.69, 9.17) is 9.72 Å². The number of aliphatic hydroxyl groups is 1. The summed E-state index contributed by atoms with van der Waals surface area (Å²) < 4.78 is 6.77. The Balaban J connectivity index is 1.81. The Bertz CT molecular complexity index is 1230. The molecule has 2 aromatic heterocycles. The summed E-state index contributed by atoms with van der Waals surface area (Å²) in [5, 5.41) is 12.0. The van der Waals surface area contributed by atoms with E-state index >= 15 is 0 Å². The van der Waals surface area contributed by atoms with Crippen LogP contribution in [-0.2, 0) is 34.7 Å². The molecule has 0 saturated carbocycles. The highest BCUT2D eigenvalue weighted by Gasteiger charge is 2.45. The lowest BCUT2D eigenvalue weighted by atomic mass is 9.86. The second-order valence-corrected chi connectivity index (χ2v) is 7.44. The predicted molar refractivity (Wildman–Crippen MR) is 104 cm³/mol. The molecule has 2 aliphatic heterocycles. The Morgan fingerprint density at radius 2 is 2.07 bits per heavy atom. The molecule has 6 heteroatoms. The van der Waals surface area contributed by atoms with E-state index in [1.807, 2.05) is 12.1 Å². The van der Waals surface area contributed by atoms with Gasteiger partial charge in [-0.1, -0.05) is 32.0 Å². The fourth-order valence-corrected chi connectivity index (χ4v) is 4.35. The minimum absolute atomic E-state index is 0.110. The summed E-state index contributed by atoms with van der Waals surface area (Å²) in [5.74, 6) is -0.704. The van der Waals surface area contributed by atoms with Gasteiger partial charge in [0.25, 0.3) is 5.56 Å². The van der Waals surface area contributed by atoms with E-state index in [-0.39, 0.29) is 18.6 Å². The summed E-state index contributed by atoms with van der Waals surface area (Å²) >= 11 is 0. The van der Waals surface area contributed by atoms with Crippen molar-refractivity contribution in [3.05, 3.63) is 62.9 Å². The van der Waals surface area contributed by atoms with Gasteiger partial charge in [-0.05, 0) is 30.5 Å². The normalized spacial score (nSPS) is 19.9. The molecule has 0 fully saturated rings. The molecule has 5 rings (SSSR count). The van der Waals surface area contributed by atoms with Crippen molar-refractivity contribution < 1.29 is 14.6 Å². The molecule has 1 N–H and O–H groups in total. The summed E-state index contributed by atoms with van der Waals surface area (Å²) in [7, 11) is 0. The number of benzene rings is 1. The zero-order chi connectivity index (χ0) is 19.6. The van der Waals surface area contributed by atoms with Crippen LogP contribution in [0.2, 0.25) is 0 Å². The molecule has 2 aliphatic rings. The van der Waals surface area contributed by atoms with Crippen molar-refractivity contribution in [3.63, 3.8) is 0 Å². The molecular formula is C22H20N2O4. The molecule has 6 nitrogen and oxygen atoms in total. The van der Waals surface area contributed by atoms with Crippen LogP contribution in [0.4, 0.5) is 0 Å². The fraction of sp³-hybridized carbons (Fsp3) is 0.318. The number of esters is 1. The smallest absolute Gasteiger partial charge is 0.343 e. The number of para-hydroxylation sites is 1. The van der Waals surface area contributed by atoms with E-state index in [1.54, 1.807) is 17.6 Å². The Hall–Kier alpha value is -2.99. The van der Waals surface area contributed by atoms with Crippen molar-refractivity contribution in [3.8, 4) is 11.4 Å². The van der Waals surface area contributed by atoms with Gasteiger partial charge in [0.05, 0.1) is 29.0 Å². The third kappa shape index (κ3) is 2.09. The number of hydrogen-bond donors (Lipinski definition) is 1. The maximum atomic E-state index is 13.1. The van der Waals surface area contributed by atoms with Gasteiger partial charge in [-0.2, -0.15) is 0 Å². The van der Waals surface area contributed by atoms with E-state index in [9.17, 15) is 14.7 Å². The van der Waals surface area contributed by atoms with E-state index in [0.29, 0.717) is 23.4 Å². The Morgan fingerprint density at radius 3 is 2.82 bits per heavy atom. The van der Waals surface area contributed by atoms with Crippen molar-refractivity contribution in [2.75, 3.05) is 0 Å². The van der Waals surface area contributed by atoms with E-state index in [0.717, 1.165) is 34.1 Å². The molecule has 1 aromatic carbocycles. The minimum atomic E-state index is -1.80. The van der Waals surface area contributed by atoms with Gasteiger partial charge >= 0.3 is 5.97 Å². The molecule has 0 saturated heterocycles. The summed E-state index contributed by atoms with van der Waals surface area (Å²) in [6.45, 7) is 4.11. The largest absolute Gasteiger partial charge is 0.458 e. The van der Waals surface area contributed by atoms with Crippen LogP contribution < -0.4 is 5.56 Å². The summed E-state index contributed by atoms with van der Waals surface area (Å²) in [6, 6.07) is 9.94. The van der Waals surface area contributed by atoms with Crippen LogP contribution in [-0.4, -0.2) is 20.6 Å². The number of hydrogen-bond acceptors (Lipinski definition) is 5. The van der Waals surface area contributed by atoms with Gasteiger partial charge in [0.1, 0.15) is 6.61 Å². The number of nitrogens with zero attached hydrogens (tertiary/aromatic N) is 2. The maximum Gasteiger partial charge on any atom is 0.343 e. The third-order valence-corrected chi connectivity index (χ3v) is 6.00. The van der Waals surface area contributed by atoms with Gasteiger partial charge in [-0.15, -0.1) is 0 Å². The van der Waals surface area contributed by atoms with Gasteiger partial charge in [0, 0.05) is 16.5 Å². The highest BCUT2D eigenvalue weighted by molar-refractivity contribution is 5.87. The van der Waals surface area contributed by atoms with Crippen molar-refractivity contribution in [2.24, 2.45) is 0 Å². The number of pyridine rings is 2. The SMILES string of the molecule is CCc1cccc2cc3c(nc12)-c1cc2c(c(=O)n1C3)COC(=O)C2(O)CC. The first kappa shape index (κ1) is 17.1. The van der Waals surface area contributed by atoms with E-state index < -0.39 is 11.6 Å². The first-order valence-electron chi connectivity index (χ1n) is 9.56. The van der Waals surface area contributed by atoms with Crippen LogP contribution in [0.25, 0.3) is 22.3 Å². The predicted octanol–water partition coefficient (Wildman–Crippen LogP) is 2.64. The van der Waals surface area contributed by atoms with Gasteiger partial charge in [-0.25, -0.2) is 9.78 Å². The number of fused-ring (bicyclic) bond motifs is 5. The Morgan fingerprint density at radius 1 is 1.25 bits per heavy atom. The summed E-state index contributed by atoms with van der Waals surface area (Å²) in [6.07, 6.45) is 1.00. The zero-order valence-electron chi connectivity index (χ0n) is 15.8. The molecular weight excluding hydrogens is 356 g/mol. The maximum absolute atomic E-state index is 13.1. The second-order valence-electron chi connectivity index (χ2n) is 7.44. The van der Waals surface area contributed by atoms with Crippen molar-refractivity contribution >= 4 is 16.9 Å². The Labute approximate surface area is 161 Å². The lowest BCUT2D eigenvalue weighted by Crippen LogP contribution is -2.44. The number of aromatic nitrogens is 2. The van der Waals surface area contributed by atoms with E-state index in [1.165, 1.54) is 0 Å². The van der Waals surface area contributed by atoms with Crippen molar-refractivity contribution in [1.82, 2.24) is 9.55 Å². The van der Waals surface area contributed by atoms with Crippen LogP contribution in [0, 0.1) is 0 Å². The van der Waals surface area contributed by atoms with Gasteiger partial charge < -0.3 is 14.4 Å². The highest BCUT2D eigenvalue weighted by atomic mass is 16.6. The first-order valence-corrected chi connectivity index (χ1v) is 9.56. The number of carbonyl (C=O) groups is 1. The van der Waals surface area contributed by atoms with Crippen LogP contribution in [0.3, 0.4) is 0 Å². The van der Waals surface area contributed by atoms with Crippen molar-refractivity contribution in [1.29, 1.82) is 0 Å². The average molecular weight is 376 g/mol. The van der Waals surface area contributed by atoms with Crippen LogP contribution >= 0.6 is 0 Å². The number of ether oxygens (including phenoxy) is 1. The average Bonchev–Trinajstić information content (AvgIpc) is 3.07. The molecule has 1 unspecified atom stereocenters. The molecule has 28 heavy (non-hydrogen) atoms. The zero-order valence-corrected chi connectivity index (χ0v) is 15.8. The monoisotopic (exact) mass is 376 g/mol. The molecule has 3 aromatic rings. The van der Waals surface area contributed by atoms with Gasteiger partial charge in [0.15, 0.2) is 5.60 Å². The molecule has 0 aliphatic carbocycles. The Kier molecular flexibility index (Phi) is 3.52. The quantitative estimate of drug-likeness (QED) is 0.544. The fourth-order valence-electron chi connectivity index (χ4n) is 4.35. The molecule has 0 radical (unpaired) electrons. The van der Waals surface area contributed by atoms with Gasteiger partial charge in [0.2, 0.25) is 0 Å². The molecule has 0 spiro atoms. The van der Waals surface area contributed by atoms with Crippen LogP contribution in [0.5, 0.6) is 0 Å².